The van der Waals surface area contributed by atoms with Crippen LogP contribution in [0.4, 0.5) is 10.7 Å². The van der Waals surface area contributed by atoms with Gasteiger partial charge in [0.2, 0.25) is 5.91 Å². The molecule has 1 aromatic heterocycles. The van der Waals surface area contributed by atoms with Crippen molar-refractivity contribution in [2.24, 2.45) is 0 Å². The molecule has 0 radical (unpaired) electrons. The Balaban J connectivity index is 1.19. The number of hydrogen-bond donors (Lipinski definition) is 2. The van der Waals surface area contributed by atoms with Crippen LogP contribution in [0.3, 0.4) is 0 Å². The Hall–Kier alpha value is -4.06. The van der Waals surface area contributed by atoms with E-state index >= 15 is 0 Å². The molecule has 0 spiro atoms. The first kappa shape index (κ1) is 26.5. The van der Waals surface area contributed by atoms with Gasteiger partial charge in [0.15, 0.2) is 0 Å². The molecule has 0 saturated carbocycles. The minimum Gasteiger partial charge on any atom is -0.497 e. The van der Waals surface area contributed by atoms with Crippen molar-refractivity contribution in [1.82, 2.24) is 0 Å². The second-order valence-electron chi connectivity index (χ2n) is 9.22. The molecular formula is C31H27N3O3S2. The lowest BCUT2D eigenvalue weighted by molar-refractivity contribution is -0.113. The van der Waals surface area contributed by atoms with E-state index in [9.17, 15) is 14.9 Å². The van der Waals surface area contributed by atoms with Gasteiger partial charge in [-0.1, -0.05) is 36.4 Å². The van der Waals surface area contributed by atoms with Crippen molar-refractivity contribution >= 4 is 45.6 Å². The topological polar surface area (TPSA) is 91.2 Å². The van der Waals surface area contributed by atoms with Crippen molar-refractivity contribution in [3.63, 3.8) is 0 Å². The molecule has 0 aliphatic heterocycles. The molecule has 1 aliphatic rings. The van der Waals surface area contributed by atoms with Gasteiger partial charge < -0.3 is 15.4 Å². The number of methoxy groups -OCH3 is 1. The highest BCUT2D eigenvalue weighted by molar-refractivity contribution is 8.00. The highest BCUT2D eigenvalue weighted by Crippen LogP contribution is 2.42. The molecule has 3 aromatic carbocycles. The van der Waals surface area contributed by atoms with Gasteiger partial charge in [-0.15, -0.1) is 23.1 Å². The number of amides is 2. The Morgan fingerprint density at radius 2 is 1.85 bits per heavy atom. The molecule has 0 saturated heterocycles. The molecule has 1 atom stereocenters. The van der Waals surface area contributed by atoms with E-state index in [1.807, 2.05) is 30.3 Å². The summed E-state index contributed by atoms with van der Waals surface area (Å²) in [5, 5.41) is 16.3. The molecule has 2 amide bonds. The Bertz CT molecular complexity index is 1530. The molecule has 0 fully saturated rings. The van der Waals surface area contributed by atoms with Gasteiger partial charge in [0.05, 0.1) is 18.4 Å². The molecule has 1 unspecified atom stereocenters. The van der Waals surface area contributed by atoms with E-state index in [0.717, 1.165) is 29.7 Å². The third kappa shape index (κ3) is 6.33. The number of thioether (sulfide) groups is 1. The van der Waals surface area contributed by atoms with Crippen LogP contribution in [0.1, 0.15) is 44.3 Å². The summed E-state index contributed by atoms with van der Waals surface area (Å²) in [7, 11) is 1.58. The van der Waals surface area contributed by atoms with Gasteiger partial charge >= 0.3 is 0 Å². The largest absolute Gasteiger partial charge is 0.497 e. The van der Waals surface area contributed by atoms with Crippen LogP contribution in [0.15, 0.2) is 83.8 Å². The fourth-order valence-corrected chi connectivity index (χ4v) is 6.77. The maximum absolute atomic E-state index is 12.8. The van der Waals surface area contributed by atoms with Crippen LogP contribution in [0.25, 0.3) is 0 Å². The average Bonchev–Trinajstić information content (AvgIpc) is 3.32. The predicted octanol–water partition coefficient (Wildman–Crippen LogP) is 6.88. The lowest BCUT2D eigenvalue weighted by atomic mass is 9.83. The predicted molar refractivity (Wildman–Crippen MR) is 157 cm³/mol. The summed E-state index contributed by atoms with van der Waals surface area (Å²) in [5.74, 6) is 0.917. The van der Waals surface area contributed by atoms with Crippen LogP contribution in [-0.4, -0.2) is 24.7 Å². The first-order valence-electron chi connectivity index (χ1n) is 12.6. The van der Waals surface area contributed by atoms with Gasteiger partial charge in [0, 0.05) is 21.0 Å². The van der Waals surface area contributed by atoms with Crippen molar-refractivity contribution in [1.29, 1.82) is 5.26 Å². The number of benzene rings is 3. The van der Waals surface area contributed by atoms with Crippen LogP contribution in [0.5, 0.6) is 5.75 Å². The molecule has 5 rings (SSSR count). The number of anilines is 2. The number of thiophene rings is 1. The summed E-state index contributed by atoms with van der Waals surface area (Å²) in [6, 6.07) is 27.1. The van der Waals surface area contributed by atoms with Crippen LogP contribution < -0.4 is 15.4 Å². The summed E-state index contributed by atoms with van der Waals surface area (Å²) in [6.07, 6.45) is 2.73. The van der Waals surface area contributed by atoms with E-state index in [1.54, 1.807) is 31.4 Å². The fraction of sp³-hybridized carbons (Fsp3) is 0.194. The van der Waals surface area contributed by atoms with E-state index in [1.165, 1.54) is 33.5 Å². The summed E-state index contributed by atoms with van der Waals surface area (Å²) in [4.78, 5) is 27.5. The first-order valence-corrected chi connectivity index (χ1v) is 14.4. The lowest BCUT2D eigenvalue weighted by Crippen LogP contribution is -2.14. The second-order valence-corrected chi connectivity index (χ2v) is 11.4. The molecule has 1 heterocycles. The summed E-state index contributed by atoms with van der Waals surface area (Å²) >= 11 is 2.90. The highest BCUT2D eigenvalue weighted by atomic mass is 32.2. The number of hydrogen-bond acceptors (Lipinski definition) is 6. The van der Waals surface area contributed by atoms with Gasteiger partial charge in [-0.2, -0.15) is 5.26 Å². The Kier molecular flexibility index (Phi) is 8.30. The van der Waals surface area contributed by atoms with Crippen molar-refractivity contribution in [2.45, 2.75) is 30.1 Å². The second kappa shape index (κ2) is 12.2. The molecule has 39 heavy (non-hydrogen) atoms. The minimum absolute atomic E-state index is 0.164. The molecule has 1 aliphatic carbocycles. The van der Waals surface area contributed by atoms with Gasteiger partial charge in [0.25, 0.3) is 5.91 Å². The van der Waals surface area contributed by atoms with E-state index in [-0.39, 0.29) is 17.6 Å². The van der Waals surface area contributed by atoms with Crippen molar-refractivity contribution in [2.75, 3.05) is 23.5 Å². The number of carbonyl (C=O) groups excluding carboxylic acids is 2. The van der Waals surface area contributed by atoms with Crippen LogP contribution in [0, 0.1) is 11.3 Å². The zero-order valence-electron chi connectivity index (χ0n) is 21.4. The maximum Gasteiger partial charge on any atom is 0.255 e. The van der Waals surface area contributed by atoms with Crippen LogP contribution >= 0.6 is 23.1 Å². The van der Waals surface area contributed by atoms with Crippen molar-refractivity contribution in [3.8, 4) is 11.8 Å². The van der Waals surface area contributed by atoms with E-state index in [4.69, 9.17) is 4.74 Å². The maximum atomic E-state index is 12.8. The van der Waals surface area contributed by atoms with Crippen molar-refractivity contribution < 1.29 is 14.3 Å². The monoisotopic (exact) mass is 553 g/mol. The molecule has 0 bridgehead atoms. The van der Waals surface area contributed by atoms with Crippen LogP contribution in [0.2, 0.25) is 0 Å². The summed E-state index contributed by atoms with van der Waals surface area (Å²) in [5.41, 5.74) is 4.17. The SMILES string of the molecule is COc1ccc(C(=O)Nc2cccc(SCC(=O)Nc3sc4c(c3C#N)CCC(c3ccccc3)C4)c2)cc1. The highest BCUT2D eigenvalue weighted by Gasteiger charge is 2.27. The molecule has 6 nitrogen and oxygen atoms in total. The average molecular weight is 554 g/mol. The quantitative estimate of drug-likeness (QED) is 0.232. The number of carbonyl (C=O) groups is 2. The Morgan fingerprint density at radius 1 is 1.05 bits per heavy atom. The first-order chi connectivity index (χ1) is 19.0. The molecule has 2 N–H and O–H groups in total. The van der Waals surface area contributed by atoms with E-state index in [2.05, 4.69) is 41.0 Å². The molecular weight excluding hydrogens is 526 g/mol. The Morgan fingerprint density at radius 3 is 2.59 bits per heavy atom. The van der Waals surface area contributed by atoms with Crippen LogP contribution in [-0.2, 0) is 17.6 Å². The van der Waals surface area contributed by atoms with E-state index < -0.39 is 0 Å². The van der Waals surface area contributed by atoms with Gasteiger partial charge in [0.1, 0.15) is 16.8 Å². The smallest absolute Gasteiger partial charge is 0.255 e. The third-order valence-corrected chi connectivity index (χ3v) is 8.88. The van der Waals surface area contributed by atoms with E-state index in [0.29, 0.717) is 33.5 Å². The number of rotatable bonds is 8. The normalized spacial score (nSPS) is 14.1. The van der Waals surface area contributed by atoms with Gasteiger partial charge in [-0.25, -0.2) is 0 Å². The minimum atomic E-state index is -0.224. The fourth-order valence-electron chi connectivity index (χ4n) is 4.72. The zero-order valence-corrected chi connectivity index (χ0v) is 23.0. The number of ether oxygens (including phenoxy) is 1. The van der Waals surface area contributed by atoms with Crippen molar-refractivity contribution in [3.05, 3.63) is 106 Å². The summed E-state index contributed by atoms with van der Waals surface area (Å²) < 4.78 is 5.14. The molecule has 8 heteroatoms. The number of fused-ring (bicyclic) bond motifs is 1. The summed E-state index contributed by atoms with van der Waals surface area (Å²) in [6.45, 7) is 0. The van der Waals surface area contributed by atoms with Gasteiger partial charge in [-0.05, 0) is 78.8 Å². The molecule has 196 valence electrons. The third-order valence-electron chi connectivity index (χ3n) is 6.72. The van der Waals surface area contributed by atoms with Gasteiger partial charge in [-0.3, -0.25) is 9.59 Å². The zero-order chi connectivity index (χ0) is 27.2. The molecule has 4 aromatic rings. The number of nitrogens with one attached hydrogen (secondary N) is 2. The number of nitriles is 1. The lowest BCUT2D eigenvalue weighted by Gasteiger charge is -2.22. The Labute approximate surface area is 236 Å². The number of nitrogens with zero attached hydrogens (tertiary/aromatic N) is 1. The standard InChI is InChI=1S/C31H27N3O3S2/c1-37-24-13-10-21(11-14-24)30(36)33-23-8-5-9-25(17-23)38-19-29(35)34-31-27(18-32)26-15-12-22(16-28(26)39-31)20-6-3-2-4-7-20/h2-11,13-14,17,22H,12,15-16,19H2,1H3,(H,33,36)(H,34,35).